The van der Waals surface area contributed by atoms with Gasteiger partial charge < -0.3 is 10.6 Å². The lowest BCUT2D eigenvalue weighted by Gasteiger charge is -2.30. The first-order chi connectivity index (χ1) is 7.81. The van der Waals surface area contributed by atoms with Crippen LogP contribution in [0.4, 0.5) is 11.4 Å². The Morgan fingerprint density at radius 3 is 1.94 bits per heavy atom. The van der Waals surface area contributed by atoms with Gasteiger partial charge in [-0.1, -0.05) is 27.7 Å². The van der Waals surface area contributed by atoms with Crippen molar-refractivity contribution in [2.45, 2.75) is 34.6 Å². The minimum atomic E-state index is -0.406. The number of hydrogen-bond acceptors (Lipinski definition) is 4. The summed E-state index contributed by atoms with van der Waals surface area (Å²) in [4.78, 5) is 22.7. The molecule has 0 aliphatic carbocycles. The summed E-state index contributed by atoms with van der Waals surface area (Å²) in [7, 11) is 0. The smallest absolute Gasteiger partial charge is 0.253 e. The van der Waals surface area contributed by atoms with Crippen LogP contribution < -0.4 is 21.5 Å². The zero-order chi connectivity index (χ0) is 13.2. The van der Waals surface area contributed by atoms with E-state index in [2.05, 4.69) is 38.3 Å². The van der Waals surface area contributed by atoms with Crippen LogP contribution in [0.3, 0.4) is 0 Å². The molecule has 0 atom stereocenters. The highest BCUT2D eigenvalue weighted by Crippen LogP contribution is 2.27. The van der Waals surface area contributed by atoms with Gasteiger partial charge in [0.05, 0.1) is 0 Å². The van der Waals surface area contributed by atoms with Crippen LogP contribution in [0.5, 0.6) is 0 Å². The van der Waals surface area contributed by atoms with Gasteiger partial charge in [-0.05, 0) is 18.3 Å². The molecule has 0 saturated heterocycles. The molecule has 1 aromatic rings. The van der Waals surface area contributed by atoms with E-state index in [1.54, 1.807) is 0 Å². The molecule has 0 aliphatic heterocycles. The van der Waals surface area contributed by atoms with Crippen molar-refractivity contribution in [3.8, 4) is 0 Å². The summed E-state index contributed by atoms with van der Waals surface area (Å²) in [6.45, 7) is 11.8. The van der Waals surface area contributed by atoms with Gasteiger partial charge in [0.15, 0.2) is 0 Å². The van der Waals surface area contributed by atoms with Crippen molar-refractivity contribution in [1.82, 2.24) is 0 Å². The minimum Gasteiger partial charge on any atom is -0.380 e. The van der Waals surface area contributed by atoms with Gasteiger partial charge in [-0.25, -0.2) is 0 Å². The normalized spacial score (nSPS) is 12.1. The number of nitrogens with one attached hydrogen (secondary N) is 2. The third-order valence-corrected chi connectivity index (χ3v) is 3.55. The molecule has 4 heteroatoms. The molecule has 0 heterocycles. The van der Waals surface area contributed by atoms with Crippen LogP contribution in [0.2, 0.25) is 0 Å². The van der Waals surface area contributed by atoms with Gasteiger partial charge >= 0.3 is 0 Å². The number of hydrogen-bond donors (Lipinski definition) is 2. The predicted molar refractivity (Wildman–Crippen MR) is 72.6 cm³/mol. The second-order valence-electron chi connectivity index (χ2n) is 5.44. The molecule has 0 amide bonds. The molecule has 0 fully saturated rings. The maximum Gasteiger partial charge on any atom is 0.253 e. The molecule has 4 nitrogen and oxygen atoms in total. The van der Waals surface area contributed by atoms with Crippen LogP contribution in [0.1, 0.15) is 34.6 Å². The zero-order valence-corrected chi connectivity index (χ0v) is 11.3. The fourth-order valence-corrected chi connectivity index (χ4v) is 1.43. The van der Waals surface area contributed by atoms with Gasteiger partial charge in [0.25, 0.3) is 10.9 Å². The maximum absolute atomic E-state index is 11.4. The van der Waals surface area contributed by atoms with E-state index >= 15 is 0 Å². The Kier molecular flexibility index (Phi) is 3.96. The van der Waals surface area contributed by atoms with E-state index in [4.69, 9.17) is 0 Å². The predicted octanol–water partition coefficient (Wildman–Crippen LogP) is 1.81. The molecule has 17 heavy (non-hydrogen) atoms. The van der Waals surface area contributed by atoms with E-state index in [-0.39, 0.29) is 5.41 Å². The standard InChI is InChI=1S/C13H22N2O2/c1-6-14-9-10(12(17)11(9)16)15-7-13(4,5)8(2)3/h8,14-15H,6-7H2,1-5H3. The quantitative estimate of drug-likeness (QED) is 0.742. The van der Waals surface area contributed by atoms with Crippen LogP contribution in [0.15, 0.2) is 9.59 Å². The lowest BCUT2D eigenvalue weighted by Crippen LogP contribution is -2.40. The van der Waals surface area contributed by atoms with E-state index in [0.717, 1.165) is 0 Å². The fraction of sp³-hybridized carbons (Fsp3) is 0.692. The highest BCUT2D eigenvalue weighted by atomic mass is 16.2. The minimum absolute atomic E-state index is 0.0865. The van der Waals surface area contributed by atoms with Crippen molar-refractivity contribution in [1.29, 1.82) is 0 Å². The summed E-state index contributed by atoms with van der Waals surface area (Å²) >= 11 is 0. The van der Waals surface area contributed by atoms with Gasteiger partial charge in [-0.2, -0.15) is 0 Å². The van der Waals surface area contributed by atoms with Crippen LogP contribution in [0, 0.1) is 11.3 Å². The summed E-state index contributed by atoms with van der Waals surface area (Å²) in [5, 5.41) is 6.03. The van der Waals surface area contributed by atoms with Crippen LogP contribution in [-0.2, 0) is 0 Å². The molecule has 96 valence electrons. The third kappa shape index (κ3) is 2.68. The van der Waals surface area contributed by atoms with E-state index in [0.29, 0.717) is 30.4 Å². The molecule has 0 spiro atoms. The van der Waals surface area contributed by atoms with Crippen LogP contribution >= 0.6 is 0 Å². The first kappa shape index (κ1) is 13.7. The van der Waals surface area contributed by atoms with E-state index in [1.165, 1.54) is 0 Å². The molecular formula is C13H22N2O2. The second kappa shape index (κ2) is 4.90. The van der Waals surface area contributed by atoms with Gasteiger partial charge in [-0.15, -0.1) is 0 Å². The summed E-state index contributed by atoms with van der Waals surface area (Å²) in [6.07, 6.45) is 0. The van der Waals surface area contributed by atoms with Gasteiger partial charge in [0.2, 0.25) is 0 Å². The molecule has 0 radical (unpaired) electrons. The zero-order valence-electron chi connectivity index (χ0n) is 11.3. The van der Waals surface area contributed by atoms with Crippen molar-refractivity contribution in [2.75, 3.05) is 23.7 Å². The Balaban J connectivity index is 2.74. The molecular weight excluding hydrogens is 216 g/mol. The Hall–Kier alpha value is -1.32. The van der Waals surface area contributed by atoms with E-state index < -0.39 is 10.9 Å². The number of anilines is 2. The Morgan fingerprint density at radius 2 is 1.53 bits per heavy atom. The van der Waals surface area contributed by atoms with E-state index in [1.807, 2.05) is 6.92 Å². The fourth-order valence-electron chi connectivity index (χ4n) is 1.43. The molecule has 0 unspecified atom stereocenters. The average molecular weight is 238 g/mol. The van der Waals surface area contributed by atoms with Gasteiger partial charge in [-0.3, -0.25) is 9.59 Å². The third-order valence-electron chi connectivity index (χ3n) is 3.55. The Labute approximate surface area is 102 Å². The highest BCUT2D eigenvalue weighted by molar-refractivity contribution is 5.73. The molecule has 1 aromatic carbocycles. The first-order valence-corrected chi connectivity index (χ1v) is 6.12. The summed E-state index contributed by atoms with van der Waals surface area (Å²) in [5.74, 6) is 0.504. The summed E-state index contributed by atoms with van der Waals surface area (Å²) in [6, 6.07) is 0. The maximum atomic E-state index is 11.4. The van der Waals surface area contributed by atoms with Crippen molar-refractivity contribution in [3.63, 3.8) is 0 Å². The SMILES string of the molecule is CCNc1c(NCC(C)(C)C(C)C)c(=O)c1=O. The molecule has 0 bridgehead atoms. The van der Waals surface area contributed by atoms with Crippen LogP contribution in [0.25, 0.3) is 0 Å². The van der Waals surface area contributed by atoms with Crippen molar-refractivity contribution < 1.29 is 0 Å². The Bertz CT molecular complexity index is 454. The van der Waals surface area contributed by atoms with Gasteiger partial charge in [0, 0.05) is 13.1 Å². The Morgan fingerprint density at radius 1 is 1.06 bits per heavy atom. The molecule has 0 aromatic heterocycles. The van der Waals surface area contributed by atoms with Crippen molar-refractivity contribution in [3.05, 3.63) is 20.4 Å². The topological polar surface area (TPSA) is 58.2 Å². The second-order valence-corrected chi connectivity index (χ2v) is 5.44. The average Bonchev–Trinajstić information content (AvgIpc) is 2.27. The lowest BCUT2D eigenvalue weighted by atomic mass is 9.81. The summed E-state index contributed by atoms with van der Waals surface area (Å²) in [5.41, 5.74) is 0.170. The van der Waals surface area contributed by atoms with E-state index in [9.17, 15) is 9.59 Å². The number of rotatable bonds is 6. The highest BCUT2D eigenvalue weighted by Gasteiger charge is 2.25. The summed E-state index contributed by atoms with van der Waals surface area (Å²) < 4.78 is 0. The van der Waals surface area contributed by atoms with Crippen molar-refractivity contribution in [2.24, 2.45) is 11.3 Å². The largest absolute Gasteiger partial charge is 0.380 e. The van der Waals surface area contributed by atoms with Gasteiger partial charge in [0.1, 0.15) is 11.4 Å². The molecule has 2 N–H and O–H groups in total. The van der Waals surface area contributed by atoms with Crippen LogP contribution in [-0.4, -0.2) is 13.1 Å². The first-order valence-electron chi connectivity index (χ1n) is 6.12. The molecule has 1 rings (SSSR count). The monoisotopic (exact) mass is 238 g/mol. The molecule has 0 saturated carbocycles. The molecule has 0 aliphatic rings. The lowest BCUT2D eigenvalue weighted by molar-refractivity contribution is 0.269. The van der Waals surface area contributed by atoms with Crippen molar-refractivity contribution >= 4 is 11.4 Å².